The van der Waals surface area contributed by atoms with Gasteiger partial charge in [0.1, 0.15) is 0 Å². The van der Waals surface area contributed by atoms with Gasteiger partial charge in [0.2, 0.25) is 0 Å². The van der Waals surface area contributed by atoms with Crippen molar-refractivity contribution in [2.45, 2.75) is 32.8 Å². The monoisotopic (exact) mass is 112 g/mol. The van der Waals surface area contributed by atoms with E-state index in [0.717, 1.165) is 12.8 Å². The number of hydrogen-bond donors (Lipinski definition) is 1. The molecule has 1 aliphatic rings. The Balaban J connectivity index is 2.38. The Labute approximate surface area is 50.0 Å². The van der Waals surface area contributed by atoms with E-state index in [-0.39, 0.29) is 6.10 Å². The van der Waals surface area contributed by atoms with Gasteiger partial charge in [-0.1, -0.05) is 12.5 Å². The molecule has 1 nitrogen and oxygen atoms in total. The summed E-state index contributed by atoms with van der Waals surface area (Å²) in [5.74, 6) is 0. The highest BCUT2D eigenvalue weighted by molar-refractivity contribution is 5.35. The smallest absolute Gasteiger partial charge is 0.0753 e. The first-order chi connectivity index (χ1) is 3.75. The Morgan fingerprint density at radius 3 is 2.38 bits per heavy atom. The molecular weight excluding hydrogens is 100 g/mol. The summed E-state index contributed by atoms with van der Waals surface area (Å²) in [4.78, 5) is 0. The predicted molar refractivity (Wildman–Crippen MR) is 33.6 cm³/mol. The largest absolute Gasteiger partial charge is 0.389 e. The van der Waals surface area contributed by atoms with Crippen molar-refractivity contribution < 1.29 is 5.11 Å². The van der Waals surface area contributed by atoms with Gasteiger partial charge in [-0.15, -0.1) is 0 Å². The molecule has 0 heterocycles. The van der Waals surface area contributed by atoms with Gasteiger partial charge in [0.25, 0.3) is 0 Å². The molecule has 8 heavy (non-hydrogen) atoms. The average Bonchev–Trinajstić information content (AvgIpc) is 2.45. The Kier molecular flexibility index (Phi) is 1.39. The maximum Gasteiger partial charge on any atom is 0.0753 e. The van der Waals surface area contributed by atoms with E-state index in [1.165, 1.54) is 11.1 Å². The third kappa shape index (κ3) is 0.920. The second-order valence-electron chi connectivity index (χ2n) is 2.41. The standard InChI is InChI=1S/C7H12O/c1-3-7(8)6-4-5(6)2/h7-8H,3-4H2,1-2H3. The van der Waals surface area contributed by atoms with Crippen molar-refractivity contribution in [3.63, 3.8) is 0 Å². The summed E-state index contributed by atoms with van der Waals surface area (Å²) in [6.07, 6.45) is 1.82. The lowest BCUT2D eigenvalue weighted by Crippen LogP contribution is -2.00. The summed E-state index contributed by atoms with van der Waals surface area (Å²) >= 11 is 0. The molecule has 1 rings (SSSR count). The maximum absolute atomic E-state index is 9.11. The number of aliphatic hydroxyl groups is 1. The van der Waals surface area contributed by atoms with Gasteiger partial charge in [-0.2, -0.15) is 0 Å². The maximum atomic E-state index is 9.11. The molecule has 0 aromatic rings. The molecule has 0 amide bonds. The Morgan fingerprint density at radius 1 is 1.75 bits per heavy atom. The van der Waals surface area contributed by atoms with Crippen molar-refractivity contribution in [2.75, 3.05) is 0 Å². The zero-order valence-electron chi connectivity index (χ0n) is 5.44. The van der Waals surface area contributed by atoms with Gasteiger partial charge >= 0.3 is 0 Å². The molecule has 0 saturated carbocycles. The van der Waals surface area contributed by atoms with Crippen LogP contribution in [0.1, 0.15) is 26.7 Å². The van der Waals surface area contributed by atoms with Crippen LogP contribution >= 0.6 is 0 Å². The van der Waals surface area contributed by atoms with Crippen LogP contribution in [0.2, 0.25) is 0 Å². The minimum atomic E-state index is -0.130. The summed E-state index contributed by atoms with van der Waals surface area (Å²) in [6.45, 7) is 4.08. The fourth-order valence-corrected chi connectivity index (χ4v) is 0.890. The van der Waals surface area contributed by atoms with E-state index in [1.807, 2.05) is 6.92 Å². The van der Waals surface area contributed by atoms with E-state index in [9.17, 15) is 0 Å². The number of aliphatic hydroxyl groups excluding tert-OH is 1. The molecule has 1 unspecified atom stereocenters. The van der Waals surface area contributed by atoms with Crippen LogP contribution in [0.25, 0.3) is 0 Å². The quantitative estimate of drug-likeness (QED) is 0.536. The SMILES string of the molecule is CCC(O)C1=C(C)C1. The highest BCUT2D eigenvalue weighted by Crippen LogP contribution is 2.33. The second kappa shape index (κ2) is 1.90. The van der Waals surface area contributed by atoms with Gasteiger partial charge in [0.05, 0.1) is 6.10 Å². The Hall–Kier alpha value is -0.300. The first-order valence-electron chi connectivity index (χ1n) is 3.12. The predicted octanol–water partition coefficient (Wildman–Crippen LogP) is 1.48. The molecular formula is C7H12O. The van der Waals surface area contributed by atoms with Gasteiger partial charge in [0, 0.05) is 0 Å². The third-order valence-corrected chi connectivity index (χ3v) is 1.67. The van der Waals surface area contributed by atoms with Gasteiger partial charge in [-0.05, 0) is 25.3 Å². The molecule has 1 aliphatic carbocycles. The molecule has 0 bridgehead atoms. The first-order valence-corrected chi connectivity index (χ1v) is 3.12. The molecule has 0 fully saturated rings. The summed E-state index contributed by atoms with van der Waals surface area (Å²) in [6, 6.07) is 0. The van der Waals surface area contributed by atoms with E-state index in [1.54, 1.807) is 0 Å². The van der Waals surface area contributed by atoms with E-state index in [0.29, 0.717) is 0 Å². The Bertz CT molecular complexity index is 124. The van der Waals surface area contributed by atoms with Crippen LogP contribution in [0, 0.1) is 0 Å². The first kappa shape index (κ1) is 5.83. The van der Waals surface area contributed by atoms with Crippen molar-refractivity contribution >= 4 is 0 Å². The number of hydrogen-bond acceptors (Lipinski definition) is 1. The molecule has 0 aliphatic heterocycles. The van der Waals surface area contributed by atoms with Crippen molar-refractivity contribution in [1.82, 2.24) is 0 Å². The summed E-state index contributed by atoms with van der Waals surface area (Å²) in [5, 5.41) is 9.11. The van der Waals surface area contributed by atoms with Crippen LogP contribution < -0.4 is 0 Å². The molecule has 0 aromatic heterocycles. The zero-order valence-corrected chi connectivity index (χ0v) is 5.44. The van der Waals surface area contributed by atoms with Crippen LogP contribution in [0.4, 0.5) is 0 Å². The highest BCUT2D eigenvalue weighted by atomic mass is 16.3. The van der Waals surface area contributed by atoms with Crippen molar-refractivity contribution in [2.24, 2.45) is 0 Å². The lowest BCUT2D eigenvalue weighted by molar-refractivity contribution is 0.211. The minimum Gasteiger partial charge on any atom is -0.389 e. The fourth-order valence-electron chi connectivity index (χ4n) is 0.890. The topological polar surface area (TPSA) is 20.2 Å². The van der Waals surface area contributed by atoms with Gasteiger partial charge in [-0.3, -0.25) is 0 Å². The van der Waals surface area contributed by atoms with Crippen LogP contribution in [0.15, 0.2) is 11.1 Å². The van der Waals surface area contributed by atoms with Crippen molar-refractivity contribution in [3.05, 3.63) is 11.1 Å². The van der Waals surface area contributed by atoms with Crippen LogP contribution in [0.3, 0.4) is 0 Å². The third-order valence-electron chi connectivity index (χ3n) is 1.67. The normalized spacial score (nSPS) is 21.4. The summed E-state index contributed by atoms with van der Waals surface area (Å²) in [7, 11) is 0. The second-order valence-corrected chi connectivity index (χ2v) is 2.41. The van der Waals surface area contributed by atoms with E-state index >= 15 is 0 Å². The van der Waals surface area contributed by atoms with E-state index in [4.69, 9.17) is 5.11 Å². The molecule has 0 radical (unpaired) electrons. The van der Waals surface area contributed by atoms with E-state index < -0.39 is 0 Å². The molecule has 0 aromatic carbocycles. The average molecular weight is 112 g/mol. The zero-order chi connectivity index (χ0) is 6.15. The van der Waals surface area contributed by atoms with E-state index in [2.05, 4.69) is 6.92 Å². The molecule has 1 heteroatoms. The Morgan fingerprint density at radius 2 is 2.25 bits per heavy atom. The molecule has 46 valence electrons. The van der Waals surface area contributed by atoms with Gasteiger partial charge < -0.3 is 5.11 Å². The van der Waals surface area contributed by atoms with Crippen LogP contribution in [-0.2, 0) is 0 Å². The lowest BCUT2D eigenvalue weighted by atomic mass is 10.2. The fraction of sp³-hybridized carbons (Fsp3) is 0.714. The minimum absolute atomic E-state index is 0.130. The number of rotatable bonds is 2. The van der Waals surface area contributed by atoms with Gasteiger partial charge in [0.15, 0.2) is 0 Å². The molecule has 1 atom stereocenters. The summed E-state index contributed by atoms with van der Waals surface area (Å²) < 4.78 is 0. The van der Waals surface area contributed by atoms with Crippen LogP contribution in [-0.4, -0.2) is 11.2 Å². The van der Waals surface area contributed by atoms with Crippen molar-refractivity contribution in [3.8, 4) is 0 Å². The lowest BCUT2D eigenvalue weighted by Gasteiger charge is -1.98. The van der Waals surface area contributed by atoms with Crippen molar-refractivity contribution in [1.29, 1.82) is 0 Å². The van der Waals surface area contributed by atoms with Crippen LogP contribution in [0.5, 0.6) is 0 Å². The number of allylic oxidation sites excluding steroid dienone is 1. The highest BCUT2D eigenvalue weighted by Gasteiger charge is 2.22. The molecule has 1 N–H and O–H groups in total. The molecule has 0 saturated heterocycles. The molecule has 0 spiro atoms. The van der Waals surface area contributed by atoms with Gasteiger partial charge in [-0.25, -0.2) is 0 Å². The summed E-state index contributed by atoms with van der Waals surface area (Å²) in [5.41, 5.74) is 2.66.